The second-order valence-corrected chi connectivity index (χ2v) is 3.42. The van der Waals surface area contributed by atoms with Crippen LogP contribution in [0.2, 0.25) is 0 Å². The Labute approximate surface area is 74.6 Å². The van der Waals surface area contributed by atoms with Gasteiger partial charge < -0.3 is 4.52 Å². The number of hydrogen-bond acceptors (Lipinski definition) is 3. The second kappa shape index (κ2) is 3.45. The molecule has 0 aliphatic heterocycles. The molecule has 12 heavy (non-hydrogen) atoms. The summed E-state index contributed by atoms with van der Waals surface area (Å²) in [5.41, 5.74) is 0. The molecule has 0 spiro atoms. The zero-order chi connectivity index (χ0) is 8.23. The minimum Gasteiger partial charge on any atom is -0.364 e. The summed E-state index contributed by atoms with van der Waals surface area (Å²) in [5.74, 6) is 0. The molecule has 0 radical (unpaired) electrons. The Morgan fingerprint density at radius 1 is 1.08 bits per heavy atom. The van der Waals surface area contributed by atoms with Crippen molar-refractivity contribution in [3.63, 3.8) is 0 Å². The van der Waals surface area contributed by atoms with E-state index in [1.165, 1.54) is 4.90 Å². The van der Waals surface area contributed by atoms with Crippen LogP contribution >= 0.6 is 11.8 Å². The van der Waals surface area contributed by atoms with Gasteiger partial charge in [-0.05, 0) is 12.1 Å². The van der Waals surface area contributed by atoms with Crippen LogP contribution in [0, 0.1) is 0 Å². The van der Waals surface area contributed by atoms with Crippen molar-refractivity contribution in [2.24, 2.45) is 0 Å². The average Bonchev–Trinajstić information content (AvgIpc) is 2.59. The number of hydrogen-bond donors (Lipinski definition) is 0. The highest BCUT2D eigenvalue weighted by molar-refractivity contribution is 7.99. The summed E-state index contributed by atoms with van der Waals surface area (Å²) >= 11 is 1.64. The van der Waals surface area contributed by atoms with E-state index in [4.69, 9.17) is 4.52 Å². The quantitative estimate of drug-likeness (QED) is 0.705. The first-order chi connectivity index (χ1) is 5.95. The lowest BCUT2D eigenvalue weighted by molar-refractivity contribution is 0.418. The van der Waals surface area contributed by atoms with Gasteiger partial charge in [-0.3, -0.25) is 0 Å². The summed E-state index contributed by atoms with van der Waals surface area (Å²) in [6.45, 7) is 0. The van der Waals surface area contributed by atoms with Gasteiger partial charge in [0.15, 0.2) is 0 Å². The van der Waals surface area contributed by atoms with Crippen LogP contribution in [0.5, 0.6) is 0 Å². The van der Waals surface area contributed by atoms with Crippen LogP contribution < -0.4 is 0 Å². The van der Waals surface area contributed by atoms with Crippen molar-refractivity contribution < 1.29 is 4.52 Å². The molecule has 0 atom stereocenters. The normalized spacial score (nSPS) is 10.0. The van der Waals surface area contributed by atoms with Crippen molar-refractivity contribution in [1.29, 1.82) is 0 Å². The monoisotopic (exact) mass is 177 g/mol. The molecule has 0 fully saturated rings. The highest BCUT2D eigenvalue weighted by Crippen LogP contribution is 2.26. The summed E-state index contributed by atoms with van der Waals surface area (Å²) in [5, 5.41) is 3.62. The Bertz CT molecular complexity index is 331. The molecule has 1 heterocycles. The SMILES string of the molecule is c1ccc(Sc2cnoc2)cc1. The average molecular weight is 177 g/mol. The smallest absolute Gasteiger partial charge is 0.137 e. The topological polar surface area (TPSA) is 26.0 Å². The van der Waals surface area contributed by atoms with E-state index >= 15 is 0 Å². The molecule has 3 heteroatoms. The molecule has 2 aromatic rings. The fraction of sp³-hybridized carbons (Fsp3) is 0. The van der Waals surface area contributed by atoms with Crippen molar-refractivity contribution in [1.82, 2.24) is 5.16 Å². The van der Waals surface area contributed by atoms with Crippen molar-refractivity contribution in [3.05, 3.63) is 42.8 Å². The maximum absolute atomic E-state index is 4.72. The van der Waals surface area contributed by atoms with Gasteiger partial charge in [0.1, 0.15) is 6.26 Å². The number of rotatable bonds is 2. The van der Waals surface area contributed by atoms with E-state index in [0.717, 1.165) is 4.90 Å². The standard InChI is InChI=1S/C9H7NOS/c1-2-4-8(5-3-1)12-9-6-10-11-7-9/h1-7H. The highest BCUT2D eigenvalue weighted by atomic mass is 32.2. The van der Waals surface area contributed by atoms with Crippen LogP contribution in [0.3, 0.4) is 0 Å². The predicted molar refractivity (Wildman–Crippen MR) is 47.1 cm³/mol. The number of nitrogens with zero attached hydrogens (tertiary/aromatic N) is 1. The molecule has 0 saturated heterocycles. The first-order valence-corrected chi connectivity index (χ1v) is 4.39. The van der Waals surface area contributed by atoms with Gasteiger partial charge in [-0.2, -0.15) is 0 Å². The fourth-order valence-corrected chi connectivity index (χ4v) is 1.62. The number of benzene rings is 1. The molecular weight excluding hydrogens is 170 g/mol. The van der Waals surface area contributed by atoms with Crippen LogP contribution in [0.15, 0.2) is 57.1 Å². The van der Waals surface area contributed by atoms with E-state index < -0.39 is 0 Å². The first-order valence-electron chi connectivity index (χ1n) is 3.57. The molecule has 2 rings (SSSR count). The Morgan fingerprint density at radius 3 is 2.58 bits per heavy atom. The Balaban J connectivity index is 2.15. The lowest BCUT2D eigenvalue weighted by atomic mass is 10.4. The molecule has 0 unspecified atom stereocenters. The summed E-state index contributed by atoms with van der Waals surface area (Å²) < 4.78 is 4.72. The lowest BCUT2D eigenvalue weighted by Gasteiger charge is -1.94. The van der Waals surface area contributed by atoms with E-state index in [9.17, 15) is 0 Å². The second-order valence-electron chi connectivity index (χ2n) is 2.28. The van der Waals surface area contributed by atoms with Crippen LogP contribution in [-0.4, -0.2) is 5.16 Å². The molecule has 0 bridgehead atoms. The van der Waals surface area contributed by atoms with Gasteiger partial charge in [0.05, 0.1) is 11.1 Å². The van der Waals surface area contributed by atoms with E-state index in [1.54, 1.807) is 24.2 Å². The van der Waals surface area contributed by atoms with Gasteiger partial charge in [0, 0.05) is 4.90 Å². The molecule has 1 aromatic heterocycles. The van der Waals surface area contributed by atoms with Gasteiger partial charge >= 0.3 is 0 Å². The minimum absolute atomic E-state index is 1.03. The van der Waals surface area contributed by atoms with Gasteiger partial charge in [-0.1, -0.05) is 35.1 Å². The molecule has 0 amide bonds. The molecular formula is C9H7NOS. The van der Waals surface area contributed by atoms with Gasteiger partial charge in [0.2, 0.25) is 0 Å². The van der Waals surface area contributed by atoms with Crippen molar-refractivity contribution >= 4 is 11.8 Å². The van der Waals surface area contributed by atoms with Crippen LogP contribution in [-0.2, 0) is 0 Å². The maximum atomic E-state index is 4.72. The van der Waals surface area contributed by atoms with Crippen LogP contribution in [0.4, 0.5) is 0 Å². The molecule has 2 nitrogen and oxygen atoms in total. The Kier molecular flexibility index (Phi) is 2.14. The molecule has 0 N–H and O–H groups in total. The van der Waals surface area contributed by atoms with Crippen LogP contribution in [0.25, 0.3) is 0 Å². The zero-order valence-electron chi connectivity index (χ0n) is 6.31. The molecule has 1 aromatic carbocycles. The van der Waals surface area contributed by atoms with Gasteiger partial charge in [-0.15, -0.1) is 0 Å². The van der Waals surface area contributed by atoms with Gasteiger partial charge in [-0.25, -0.2) is 0 Å². The summed E-state index contributed by atoms with van der Waals surface area (Å²) in [6.07, 6.45) is 3.34. The molecule has 0 aliphatic rings. The van der Waals surface area contributed by atoms with Crippen molar-refractivity contribution in [2.75, 3.05) is 0 Å². The summed E-state index contributed by atoms with van der Waals surface area (Å²) in [4.78, 5) is 2.22. The Morgan fingerprint density at radius 2 is 1.92 bits per heavy atom. The Hall–Kier alpha value is -1.22. The third kappa shape index (κ3) is 1.68. The summed E-state index contributed by atoms with van der Waals surface area (Å²) in [6, 6.07) is 10.1. The third-order valence-corrected chi connectivity index (χ3v) is 2.33. The first kappa shape index (κ1) is 7.43. The highest BCUT2D eigenvalue weighted by Gasteiger charge is 1.96. The van der Waals surface area contributed by atoms with Crippen molar-refractivity contribution in [2.45, 2.75) is 9.79 Å². The zero-order valence-corrected chi connectivity index (χ0v) is 7.12. The van der Waals surface area contributed by atoms with E-state index in [0.29, 0.717) is 0 Å². The molecule has 0 aliphatic carbocycles. The minimum atomic E-state index is 1.03. The van der Waals surface area contributed by atoms with E-state index in [-0.39, 0.29) is 0 Å². The summed E-state index contributed by atoms with van der Waals surface area (Å²) in [7, 11) is 0. The number of aromatic nitrogens is 1. The maximum Gasteiger partial charge on any atom is 0.137 e. The van der Waals surface area contributed by atoms with E-state index in [2.05, 4.69) is 17.3 Å². The lowest BCUT2D eigenvalue weighted by Crippen LogP contribution is -1.67. The van der Waals surface area contributed by atoms with Gasteiger partial charge in [0.25, 0.3) is 0 Å². The third-order valence-electron chi connectivity index (χ3n) is 1.39. The van der Waals surface area contributed by atoms with E-state index in [1.807, 2.05) is 18.2 Å². The van der Waals surface area contributed by atoms with Crippen LogP contribution in [0.1, 0.15) is 0 Å². The largest absolute Gasteiger partial charge is 0.364 e. The predicted octanol–water partition coefficient (Wildman–Crippen LogP) is 2.83. The molecule has 60 valence electrons. The van der Waals surface area contributed by atoms with Crippen molar-refractivity contribution in [3.8, 4) is 0 Å². The fourth-order valence-electron chi connectivity index (χ4n) is 0.870. The molecule has 0 saturated carbocycles.